The van der Waals surface area contributed by atoms with Crippen molar-refractivity contribution in [1.29, 1.82) is 0 Å². The fourth-order valence-corrected chi connectivity index (χ4v) is 1.44. The summed E-state index contributed by atoms with van der Waals surface area (Å²) in [6, 6.07) is 6.47. The Balaban J connectivity index is 2.30. The number of non-ortho nitro benzene ring substituents is 1. The minimum absolute atomic E-state index is 0.107. The molecule has 0 aliphatic heterocycles. The summed E-state index contributed by atoms with van der Waals surface area (Å²) in [5.41, 5.74) is 1.11. The number of hydrogen-bond donors (Lipinski definition) is 2. The van der Waals surface area contributed by atoms with Gasteiger partial charge < -0.3 is 10.4 Å². The van der Waals surface area contributed by atoms with Crippen molar-refractivity contribution < 1.29 is 10.0 Å². The van der Waals surface area contributed by atoms with Crippen LogP contribution < -0.4 is 5.32 Å². The fourth-order valence-electron chi connectivity index (χ4n) is 1.44. The van der Waals surface area contributed by atoms with Crippen molar-refractivity contribution in [3.05, 3.63) is 39.9 Å². The van der Waals surface area contributed by atoms with E-state index in [0.29, 0.717) is 6.54 Å². The first-order valence-corrected chi connectivity index (χ1v) is 5.75. The van der Waals surface area contributed by atoms with Gasteiger partial charge in [-0.2, -0.15) is 0 Å². The van der Waals surface area contributed by atoms with Crippen LogP contribution in [0.2, 0.25) is 0 Å². The van der Waals surface area contributed by atoms with Crippen molar-refractivity contribution >= 4 is 5.69 Å². The Kier molecular flexibility index (Phi) is 5.59. The fraction of sp³-hybridized carbons (Fsp3) is 0.500. The molecule has 1 atom stereocenters. The SMILES string of the molecule is CCC(O)CCNCc1ccc([N+](=O)[O-])cc1. The first kappa shape index (κ1) is 13.6. The summed E-state index contributed by atoms with van der Waals surface area (Å²) in [5.74, 6) is 0. The molecule has 0 saturated carbocycles. The Bertz CT molecular complexity index is 351. The molecule has 94 valence electrons. The van der Waals surface area contributed by atoms with E-state index in [9.17, 15) is 15.2 Å². The Labute approximate surface area is 101 Å². The maximum Gasteiger partial charge on any atom is 0.269 e. The predicted molar refractivity (Wildman–Crippen MR) is 65.7 cm³/mol. The Morgan fingerprint density at radius 2 is 2.06 bits per heavy atom. The topological polar surface area (TPSA) is 75.4 Å². The maximum absolute atomic E-state index is 10.4. The summed E-state index contributed by atoms with van der Waals surface area (Å²) in [4.78, 5) is 10.0. The lowest BCUT2D eigenvalue weighted by molar-refractivity contribution is -0.384. The molecule has 0 heterocycles. The first-order valence-electron chi connectivity index (χ1n) is 5.75. The highest BCUT2D eigenvalue weighted by Crippen LogP contribution is 2.11. The Morgan fingerprint density at radius 1 is 1.41 bits per heavy atom. The highest BCUT2D eigenvalue weighted by molar-refractivity contribution is 5.32. The van der Waals surface area contributed by atoms with E-state index in [1.807, 2.05) is 6.92 Å². The molecule has 5 nitrogen and oxygen atoms in total. The van der Waals surface area contributed by atoms with Gasteiger partial charge in [0.15, 0.2) is 0 Å². The zero-order chi connectivity index (χ0) is 12.7. The third-order valence-electron chi connectivity index (χ3n) is 2.60. The van der Waals surface area contributed by atoms with Gasteiger partial charge in [-0.25, -0.2) is 0 Å². The number of hydrogen-bond acceptors (Lipinski definition) is 4. The summed E-state index contributed by atoms with van der Waals surface area (Å²) in [5, 5.41) is 23.0. The van der Waals surface area contributed by atoms with Crippen molar-refractivity contribution in [2.24, 2.45) is 0 Å². The minimum Gasteiger partial charge on any atom is -0.393 e. The summed E-state index contributed by atoms with van der Waals surface area (Å²) >= 11 is 0. The van der Waals surface area contributed by atoms with Crippen LogP contribution in [0, 0.1) is 10.1 Å². The Hall–Kier alpha value is -1.46. The number of aliphatic hydroxyl groups excluding tert-OH is 1. The normalized spacial score (nSPS) is 12.4. The number of nitrogens with one attached hydrogen (secondary N) is 1. The first-order chi connectivity index (χ1) is 8.13. The molecule has 0 saturated heterocycles. The molecule has 1 unspecified atom stereocenters. The lowest BCUT2D eigenvalue weighted by Crippen LogP contribution is -2.19. The van der Waals surface area contributed by atoms with Gasteiger partial charge in [0.1, 0.15) is 0 Å². The quantitative estimate of drug-likeness (QED) is 0.432. The van der Waals surface area contributed by atoms with Gasteiger partial charge in [-0.3, -0.25) is 10.1 Å². The van der Waals surface area contributed by atoms with Crippen LogP contribution in [0.5, 0.6) is 0 Å². The summed E-state index contributed by atoms with van der Waals surface area (Å²) in [6.45, 7) is 3.35. The number of nitro benzene ring substituents is 1. The molecule has 0 bridgehead atoms. The highest BCUT2D eigenvalue weighted by atomic mass is 16.6. The lowest BCUT2D eigenvalue weighted by Gasteiger charge is -2.08. The zero-order valence-electron chi connectivity index (χ0n) is 9.93. The van der Waals surface area contributed by atoms with E-state index >= 15 is 0 Å². The van der Waals surface area contributed by atoms with Gasteiger partial charge in [0.2, 0.25) is 0 Å². The number of rotatable bonds is 7. The molecule has 1 aromatic carbocycles. The summed E-state index contributed by atoms with van der Waals surface area (Å²) < 4.78 is 0. The van der Waals surface area contributed by atoms with E-state index in [1.165, 1.54) is 12.1 Å². The molecule has 0 spiro atoms. The number of nitrogens with zero attached hydrogens (tertiary/aromatic N) is 1. The molecule has 2 N–H and O–H groups in total. The lowest BCUT2D eigenvalue weighted by atomic mass is 10.2. The van der Waals surface area contributed by atoms with Crippen LogP contribution in [0.4, 0.5) is 5.69 Å². The molecule has 1 rings (SSSR count). The molecule has 0 radical (unpaired) electrons. The third-order valence-corrected chi connectivity index (χ3v) is 2.60. The van der Waals surface area contributed by atoms with Crippen LogP contribution in [0.25, 0.3) is 0 Å². The van der Waals surface area contributed by atoms with Crippen LogP contribution >= 0.6 is 0 Å². The summed E-state index contributed by atoms with van der Waals surface area (Å²) in [6.07, 6.45) is 1.24. The Morgan fingerprint density at radius 3 is 2.59 bits per heavy atom. The second kappa shape index (κ2) is 6.98. The monoisotopic (exact) mass is 238 g/mol. The number of benzene rings is 1. The molecule has 0 amide bonds. The van der Waals surface area contributed by atoms with E-state index in [-0.39, 0.29) is 11.8 Å². The molecule has 0 aliphatic rings. The smallest absolute Gasteiger partial charge is 0.269 e. The van der Waals surface area contributed by atoms with Crippen LogP contribution in [0.1, 0.15) is 25.3 Å². The average molecular weight is 238 g/mol. The van der Waals surface area contributed by atoms with Gasteiger partial charge in [0, 0.05) is 18.7 Å². The molecule has 0 fully saturated rings. The van der Waals surface area contributed by atoms with Crippen molar-refractivity contribution in [1.82, 2.24) is 5.32 Å². The maximum atomic E-state index is 10.4. The summed E-state index contributed by atoms with van der Waals surface area (Å²) in [7, 11) is 0. The van der Waals surface area contributed by atoms with E-state index in [0.717, 1.165) is 24.9 Å². The molecule has 1 aromatic rings. The van der Waals surface area contributed by atoms with Crippen LogP contribution in [-0.4, -0.2) is 22.7 Å². The van der Waals surface area contributed by atoms with Crippen LogP contribution in [0.15, 0.2) is 24.3 Å². The van der Waals surface area contributed by atoms with Crippen molar-refractivity contribution in [2.45, 2.75) is 32.4 Å². The zero-order valence-corrected chi connectivity index (χ0v) is 9.93. The van der Waals surface area contributed by atoms with E-state index in [1.54, 1.807) is 12.1 Å². The largest absolute Gasteiger partial charge is 0.393 e. The van der Waals surface area contributed by atoms with Crippen LogP contribution in [0.3, 0.4) is 0 Å². The standard InChI is InChI=1S/C12H18N2O3/c1-2-12(15)7-8-13-9-10-3-5-11(6-4-10)14(16)17/h3-6,12-13,15H,2,7-9H2,1H3. The third kappa shape index (κ3) is 4.93. The number of aliphatic hydroxyl groups is 1. The molecular formula is C12H18N2O3. The molecule has 17 heavy (non-hydrogen) atoms. The van der Waals surface area contributed by atoms with Crippen molar-refractivity contribution in [3.8, 4) is 0 Å². The minimum atomic E-state index is -0.408. The predicted octanol–water partition coefficient (Wildman–Crippen LogP) is 1.85. The van der Waals surface area contributed by atoms with E-state index < -0.39 is 4.92 Å². The molecular weight excluding hydrogens is 220 g/mol. The molecule has 0 aliphatic carbocycles. The van der Waals surface area contributed by atoms with Gasteiger partial charge in [-0.15, -0.1) is 0 Å². The van der Waals surface area contributed by atoms with E-state index in [2.05, 4.69) is 5.32 Å². The highest BCUT2D eigenvalue weighted by Gasteiger charge is 2.04. The van der Waals surface area contributed by atoms with Gasteiger partial charge in [0.25, 0.3) is 5.69 Å². The van der Waals surface area contributed by atoms with Crippen molar-refractivity contribution in [3.63, 3.8) is 0 Å². The van der Waals surface area contributed by atoms with Crippen LogP contribution in [-0.2, 0) is 6.54 Å². The van der Waals surface area contributed by atoms with Gasteiger partial charge >= 0.3 is 0 Å². The average Bonchev–Trinajstić information content (AvgIpc) is 2.34. The number of nitro groups is 1. The van der Waals surface area contributed by atoms with Gasteiger partial charge in [-0.1, -0.05) is 19.1 Å². The molecule has 0 aromatic heterocycles. The van der Waals surface area contributed by atoms with Gasteiger partial charge in [0.05, 0.1) is 11.0 Å². The van der Waals surface area contributed by atoms with E-state index in [4.69, 9.17) is 0 Å². The second-order valence-corrected chi connectivity index (χ2v) is 3.95. The second-order valence-electron chi connectivity index (χ2n) is 3.95. The van der Waals surface area contributed by atoms with Crippen molar-refractivity contribution in [2.75, 3.05) is 6.54 Å². The van der Waals surface area contributed by atoms with Gasteiger partial charge in [-0.05, 0) is 24.9 Å². The molecule has 5 heteroatoms.